The second-order valence-electron chi connectivity index (χ2n) is 4.49. The highest BCUT2D eigenvalue weighted by Gasteiger charge is 2.13. The van der Waals surface area contributed by atoms with Gasteiger partial charge < -0.3 is 14.8 Å². The van der Waals surface area contributed by atoms with Gasteiger partial charge in [-0.15, -0.1) is 0 Å². The predicted molar refractivity (Wildman–Crippen MR) is 79.5 cm³/mol. The second kappa shape index (κ2) is 7.38. The second-order valence-corrected chi connectivity index (χ2v) is 6.06. The van der Waals surface area contributed by atoms with E-state index in [1.165, 1.54) is 0 Å². The molecule has 4 nitrogen and oxygen atoms in total. The van der Waals surface area contributed by atoms with Crippen LogP contribution in [0.15, 0.2) is 18.2 Å². The Bertz CT molecular complexity index is 412. The van der Waals surface area contributed by atoms with Gasteiger partial charge in [-0.25, -0.2) is 0 Å². The maximum atomic E-state index is 12.1. The first kappa shape index (κ1) is 15.8. The van der Waals surface area contributed by atoms with E-state index in [1.807, 2.05) is 6.92 Å². The Labute approximate surface area is 122 Å². The van der Waals surface area contributed by atoms with E-state index in [2.05, 4.69) is 28.2 Å². The fourth-order valence-corrected chi connectivity index (χ4v) is 2.35. The fourth-order valence-electron chi connectivity index (χ4n) is 1.79. The third kappa shape index (κ3) is 5.11. The molecule has 0 aliphatic carbocycles. The summed E-state index contributed by atoms with van der Waals surface area (Å²) in [7, 11) is 3.12. The summed E-state index contributed by atoms with van der Waals surface area (Å²) in [6, 6.07) is 5.23. The van der Waals surface area contributed by atoms with Crippen molar-refractivity contribution in [2.45, 2.75) is 31.1 Å². The molecule has 0 saturated carbocycles. The molecule has 0 heterocycles. The molecule has 0 aliphatic heterocycles. The summed E-state index contributed by atoms with van der Waals surface area (Å²) < 4.78 is 10.3. The zero-order valence-electron chi connectivity index (χ0n) is 11.7. The van der Waals surface area contributed by atoms with Gasteiger partial charge in [0.25, 0.3) is 5.91 Å². The molecule has 2 atom stereocenters. The molecule has 19 heavy (non-hydrogen) atoms. The largest absolute Gasteiger partial charge is 0.497 e. The van der Waals surface area contributed by atoms with Crippen molar-refractivity contribution in [2.75, 3.05) is 14.2 Å². The number of hydrogen-bond donors (Lipinski definition) is 1. The molecule has 0 aromatic heterocycles. The molecule has 1 N–H and O–H groups in total. The van der Waals surface area contributed by atoms with Gasteiger partial charge in [0.2, 0.25) is 0 Å². The zero-order chi connectivity index (χ0) is 14.4. The van der Waals surface area contributed by atoms with Crippen LogP contribution >= 0.6 is 15.9 Å². The van der Waals surface area contributed by atoms with Crippen LogP contribution in [-0.4, -0.2) is 31.0 Å². The van der Waals surface area contributed by atoms with E-state index in [9.17, 15) is 4.79 Å². The molecule has 2 unspecified atom stereocenters. The Balaban J connectivity index is 2.81. The van der Waals surface area contributed by atoms with Crippen molar-refractivity contribution in [1.82, 2.24) is 5.32 Å². The molecule has 0 aliphatic rings. The predicted octanol–water partition coefficient (Wildman–Crippen LogP) is 3.00. The van der Waals surface area contributed by atoms with Crippen LogP contribution in [-0.2, 0) is 0 Å². The van der Waals surface area contributed by atoms with Crippen molar-refractivity contribution in [3.05, 3.63) is 23.8 Å². The standard InChI is InChI=1S/C14H20BrNO3/c1-9(15)5-10(2)16-14(17)11-6-12(18-3)8-13(7-11)19-4/h6-10H,5H2,1-4H3,(H,16,17). The van der Waals surface area contributed by atoms with Crippen molar-refractivity contribution in [1.29, 1.82) is 0 Å². The van der Waals surface area contributed by atoms with Gasteiger partial charge in [-0.05, 0) is 25.5 Å². The lowest BCUT2D eigenvalue weighted by atomic mass is 10.1. The van der Waals surface area contributed by atoms with Crippen molar-refractivity contribution in [2.24, 2.45) is 0 Å². The third-order valence-corrected chi connectivity index (χ3v) is 3.04. The molecule has 0 saturated heterocycles. The van der Waals surface area contributed by atoms with E-state index in [0.29, 0.717) is 21.9 Å². The number of ether oxygens (including phenoxy) is 2. The lowest BCUT2D eigenvalue weighted by Gasteiger charge is -2.16. The smallest absolute Gasteiger partial charge is 0.251 e. The highest BCUT2D eigenvalue weighted by molar-refractivity contribution is 9.09. The molecule has 1 rings (SSSR count). The molecule has 1 aromatic carbocycles. The van der Waals surface area contributed by atoms with Crippen LogP contribution in [0.25, 0.3) is 0 Å². The van der Waals surface area contributed by atoms with E-state index in [4.69, 9.17) is 9.47 Å². The van der Waals surface area contributed by atoms with Crippen LogP contribution in [0.4, 0.5) is 0 Å². The molecule has 0 radical (unpaired) electrons. The first-order valence-electron chi connectivity index (χ1n) is 6.14. The molecule has 1 amide bonds. The topological polar surface area (TPSA) is 47.6 Å². The molecule has 0 spiro atoms. The minimum atomic E-state index is -0.127. The van der Waals surface area contributed by atoms with Crippen molar-refractivity contribution in [3.8, 4) is 11.5 Å². The number of methoxy groups -OCH3 is 2. The van der Waals surface area contributed by atoms with Crippen LogP contribution in [0.2, 0.25) is 0 Å². The first-order valence-corrected chi connectivity index (χ1v) is 7.05. The minimum absolute atomic E-state index is 0.0964. The minimum Gasteiger partial charge on any atom is -0.497 e. The van der Waals surface area contributed by atoms with Gasteiger partial charge in [0, 0.05) is 22.5 Å². The normalized spacial score (nSPS) is 13.5. The SMILES string of the molecule is COc1cc(OC)cc(C(=O)NC(C)CC(C)Br)c1. The zero-order valence-corrected chi connectivity index (χ0v) is 13.3. The van der Waals surface area contributed by atoms with Crippen molar-refractivity contribution in [3.63, 3.8) is 0 Å². The van der Waals surface area contributed by atoms with Crippen LogP contribution in [0.5, 0.6) is 11.5 Å². The van der Waals surface area contributed by atoms with Gasteiger partial charge in [-0.3, -0.25) is 4.79 Å². The summed E-state index contributed by atoms with van der Waals surface area (Å²) in [5, 5.41) is 2.95. The number of nitrogens with one attached hydrogen (secondary N) is 1. The summed E-state index contributed by atoms with van der Waals surface area (Å²) in [6.07, 6.45) is 0.868. The summed E-state index contributed by atoms with van der Waals surface area (Å²) in [4.78, 5) is 12.5. The molecule has 0 fully saturated rings. The average molecular weight is 330 g/mol. The van der Waals surface area contributed by atoms with Crippen molar-refractivity contribution >= 4 is 21.8 Å². The molecular weight excluding hydrogens is 310 g/mol. The number of benzene rings is 1. The Morgan fingerprint density at radius 1 is 1.21 bits per heavy atom. The van der Waals surface area contributed by atoms with E-state index in [-0.39, 0.29) is 11.9 Å². The monoisotopic (exact) mass is 329 g/mol. The number of alkyl halides is 1. The highest BCUT2D eigenvalue weighted by atomic mass is 79.9. The van der Waals surface area contributed by atoms with E-state index < -0.39 is 0 Å². The Hall–Kier alpha value is -1.23. The number of carbonyl (C=O) groups is 1. The summed E-state index contributed by atoms with van der Waals surface area (Å²) in [6.45, 7) is 4.03. The van der Waals surface area contributed by atoms with Crippen molar-refractivity contribution < 1.29 is 14.3 Å². The Morgan fingerprint density at radius 3 is 2.16 bits per heavy atom. The summed E-state index contributed by atoms with van der Waals surface area (Å²) >= 11 is 3.48. The van der Waals surface area contributed by atoms with E-state index in [0.717, 1.165) is 6.42 Å². The van der Waals surface area contributed by atoms with Gasteiger partial charge in [0.1, 0.15) is 11.5 Å². The van der Waals surface area contributed by atoms with E-state index >= 15 is 0 Å². The van der Waals surface area contributed by atoms with Gasteiger partial charge in [-0.2, -0.15) is 0 Å². The quantitative estimate of drug-likeness (QED) is 0.816. The Morgan fingerprint density at radius 2 is 1.74 bits per heavy atom. The number of amides is 1. The van der Waals surface area contributed by atoms with E-state index in [1.54, 1.807) is 32.4 Å². The lowest BCUT2D eigenvalue weighted by Crippen LogP contribution is -2.33. The van der Waals surface area contributed by atoms with Crippen LogP contribution < -0.4 is 14.8 Å². The van der Waals surface area contributed by atoms with Crippen LogP contribution in [0, 0.1) is 0 Å². The maximum absolute atomic E-state index is 12.1. The van der Waals surface area contributed by atoms with Crippen LogP contribution in [0.3, 0.4) is 0 Å². The molecule has 106 valence electrons. The van der Waals surface area contributed by atoms with Gasteiger partial charge in [-0.1, -0.05) is 22.9 Å². The number of carbonyl (C=O) groups excluding carboxylic acids is 1. The maximum Gasteiger partial charge on any atom is 0.251 e. The summed E-state index contributed by atoms with van der Waals surface area (Å²) in [5.41, 5.74) is 0.533. The highest BCUT2D eigenvalue weighted by Crippen LogP contribution is 2.22. The van der Waals surface area contributed by atoms with Gasteiger partial charge in [0.05, 0.1) is 14.2 Å². The Kier molecular flexibility index (Phi) is 6.15. The lowest BCUT2D eigenvalue weighted by molar-refractivity contribution is 0.0938. The van der Waals surface area contributed by atoms with Crippen LogP contribution in [0.1, 0.15) is 30.6 Å². The van der Waals surface area contributed by atoms with Gasteiger partial charge in [0.15, 0.2) is 0 Å². The number of hydrogen-bond acceptors (Lipinski definition) is 3. The summed E-state index contributed by atoms with van der Waals surface area (Å²) in [5.74, 6) is 1.08. The fraction of sp³-hybridized carbons (Fsp3) is 0.500. The number of rotatable bonds is 6. The third-order valence-electron chi connectivity index (χ3n) is 2.67. The molecule has 0 bridgehead atoms. The molecular formula is C14H20BrNO3. The molecule has 1 aromatic rings. The van der Waals surface area contributed by atoms with Gasteiger partial charge >= 0.3 is 0 Å². The average Bonchev–Trinajstić information content (AvgIpc) is 2.36. The molecule has 5 heteroatoms. The first-order chi connectivity index (χ1) is 8.96. The number of halogens is 1.